The molecule has 4 heteroatoms. The maximum Gasteiger partial charge on any atom is 0.203 e. The summed E-state index contributed by atoms with van der Waals surface area (Å²) in [7, 11) is 0. The lowest BCUT2D eigenvalue weighted by atomic mass is 9.95. The number of hydrogen-bond donors (Lipinski definition) is 1. The zero-order valence-electron chi connectivity index (χ0n) is 12.4. The van der Waals surface area contributed by atoms with Crippen LogP contribution in [-0.2, 0) is 0 Å². The number of hydrogen-bond acceptors (Lipinski definition) is 2. The van der Waals surface area contributed by atoms with Gasteiger partial charge in [0.15, 0.2) is 0 Å². The van der Waals surface area contributed by atoms with Gasteiger partial charge in [-0.3, -0.25) is 0 Å². The molecule has 1 aliphatic carbocycles. The number of anilines is 1. The molecular weight excluding hydrogens is 265 g/mol. The quantitative estimate of drug-likeness (QED) is 0.883. The van der Waals surface area contributed by atoms with E-state index in [4.69, 9.17) is 0 Å². The van der Waals surface area contributed by atoms with Crippen molar-refractivity contribution < 1.29 is 4.39 Å². The summed E-state index contributed by atoms with van der Waals surface area (Å²) in [6, 6.07) is 7.31. The first-order valence-electron chi connectivity index (χ1n) is 7.79. The van der Waals surface area contributed by atoms with Crippen LogP contribution < -0.4 is 5.32 Å². The molecule has 1 N–H and O–H groups in total. The molecule has 1 aliphatic rings. The molecular formula is C17H22FN3. The highest BCUT2D eigenvalue weighted by Gasteiger charge is 2.18. The summed E-state index contributed by atoms with van der Waals surface area (Å²) in [4.78, 5) is 4.44. The first-order valence-corrected chi connectivity index (χ1v) is 7.79. The molecule has 0 amide bonds. The second-order valence-electron chi connectivity index (χ2n) is 5.87. The molecule has 0 bridgehead atoms. The number of benzene rings is 1. The summed E-state index contributed by atoms with van der Waals surface area (Å²) in [5.41, 5.74) is 0.938. The topological polar surface area (TPSA) is 29.9 Å². The monoisotopic (exact) mass is 287 g/mol. The lowest BCUT2D eigenvalue weighted by Crippen LogP contribution is -2.17. The molecule has 112 valence electrons. The van der Waals surface area contributed by atoms with Crippen LogP contribution in [0.15, 0.2) is 36.7 Å². The van der Waals surface area contributed by atoms with Crippen molar-refractivity contribution in [1.82, 2.24) is 9.55 Å². The van der Waals surface area contributed by atoms with Gasteiger partial charge in [-0.15, -0.1) is 0 Å². The predicted molar refractivity (Wildman–Crippen MR) is 82.8 cm³/mol. The van der Waals surface area contributed by atoms with E-state index < -0.39 is 0 Å². The molecule has 1 atom stereocenters. The van der Waals surface area contributed by atoms with Gasteiger partial charge >= 0.3 is 0 Å². The van der Waals surface area contributed by atoms with Gasteiger partial charge in [-0.05, 0) is 37.5 Å². The van der Waals surface area contributed by atoms with Gasteiger partial charge in [0.1, 0.15) is 5.82 Å². The van der Waals surface area contributed by atoms with Gasteiger partial charge in [0.05, 0.1) is 6.04 Å². The van der Waals surface area contributed by atoms with E-state index in [1.807, 2.05) is 19.2 Å². The molecule has 1 heterocycles. The van der Waals surface area contributed by atoms with Crippen molar-refractivity contribution >= 4 is 5.95 Å². The lowest BCUT2D eigenvalue weighted by Gasteiger charge is -2.26. The zero-order valence-corrected chi connectivity index (χ0v) is 12.4. The second-order valence-corrected chi connectivity index (χ2v) is 5.87. The standard InChI is InChI=1S/C17H22FN3/c1-13(14-6-5-7-15(18)12-14)20-17-19-10-11-21(17)16-8-3-2-4-9-16/h5-7,10-13,16H,2-4,8-9H2,1H3,(H,19,20). The van der Waals surface area contributed by atoms with E-state index in [0.29, 0.717) is 6.04 Å². The molecule has 1 aromatic heterocycles. The molecule has 3 nitrogen and oxygen atoms in total. The fourth-order valence-corrected chi connectivity index (χ4v) is 3.13. The zero-order chi connectivity index (χ0) is 14.7. The Balaban J connectivity index is 1.74. The Morgan fingerprint density at radius 2 is 2.10 bits per heavy atom. The fraction of sp³-hybridized carbons (Fsp3) is 0.471. The first-order chi connectivity index (χ1) is 10.2. The van der Waals surface area contributed by atoms with E-state index in [2.05, 4.69) is 21.1 Å². The molecule has 0 radical (unpaired) electrons. The van der Waals surface area contributed by atoms with Gasteiger partial charge in [0.2, 0.25) is 5.95 Å². The molecule has 1 saturated carbocycles. The third-order valence-electron chi connectivity index (χ3n) is 4.33. The summed E-state index contributed by atoms with van der Waals surface area (Å²) in [6.45, 7) is 2.04. The van der Waals surface area contributed by atoms with E-state index >= 15 is 0 Å². The third kappa shape index (κ3) is 3.26. The van der Waals surface area contributed by atoms with Gasteiger partial charge in [0, 0.05) is 18.4 Å². The van der Waals surface area contributed by atoms with E-state index in [1.165, 1.54) is 38.2 Å². The largest absolute Gasteiger partial charge is 0.349 e. The van der Waals surface area contributed by atoms with Crippen molar-refractivity contribution in [2.24, 2.45) is 0 Å². The van der Waals surface area contributed by atoms with Crippen molar-refractivity contribution in [2.45, 2.75) is 51.1 Å². The normalized spacial score (nSPS) is 17.6. The summed E-state index contributed by atoms with van der Waals surface area (Å²) < 4.78 is 15.6. The fourth-order valence-electron chi connectivity index (χ4n) is 3.13. The van der Waals surface area contributed by atoms with Gasteiger partial charge in [0.25, 0.3) is 0 Å². The molecule has 3 rings (SSSR count). The highest BCUT2D eigenvalue weighted by atomic mass is 19.1. The highest BCUT2D eigenvalue weighted by molar-refractivity contribution is 5.33. The van der Waals surface area contributed by atoms with Crippen LogP contribution in [0.25, 0.3) is 0 Å². The minimum absolute atomic E-state index is 0.0328. The maximum atomic E-state index is 13.3. The molecule has 2 aromatic rings. The molecule has 21 heavy (non-hydrogen) atoms. The smallest absolute Gasteiger partial charge is 0.203 e. The van der Waals surface area contributed by atoms with E-state index in [-0.39, 0.29) is 11.9 Å². The first kappa shape index (κ1) is 14.1. The maximum absolute atomic E-state index is 13.3. The summed E-state index contributed by atoms with van der Waals surface area (Å²) in [5.74, 6) is 0.690. The number of halogens is 1. The Morgan fingerprint density at radius 3 is 2.86 bits per heavy atom. The second kappa shape index (κ2) is 6.29. The van der Waals surface area contributed by atoms with Crippen LogP contribution in [0.5, 0.6) is 0 Å². The van der Waals surface area contributed by atoms with Crippen LogP contribution in [0.1, 0.15) is 56.7 Å². The molecule has 0 aliphatic heterocycles. The number of rotatable bonds is 4. The van der Waals surface area contributed by atoms with Crippen molar-refractivity contribution in [1.29, 1.82) is 0 Å². The molecule has 1 unspecified atom stereocenters. The molecule has 1 aromatic carbocycles. The number of nitrogens with zero attached hydrogens (tertiary/aromatic N) is 2. The van der Waals surface area contributed by atoms with E-state index in [0.717, 1.165) is 11.5 Å². The van der Waals surface area contributed by atoms with Crippen LogP contribution in [0.4, 0.5) is 10.3 Å². The number of imidazole rings is 1. The van der Waals surface area contributed by atoms with Crippen molar-refractivity contribution in [2.75, 3.05) is 5.32 Å². The third-order valence-corrected chi connectivity index (χ3v) is 4.33. The van der Waals surface area contributed by atoms with Crippen molar-refractivity contribution in [3.8, 4) is 0 Å². The predicted octanol–water partition coefficient (Wildman–Crippen LogP) is 4.70. The van der Waals surface area contributed by atoms with Gasteiger partial charge in [-0.1, -0.05) is 31.4 Å². The van der Waals surface area contributed by atoms with E-state index in [9.17, 15) is 4.39 Å². The summed E-state index contributed by atoms with van der Waals surface area (Å²) >= 11 is 0. The highest BCUT2D eigenvalue weighted by Crippen LogP contribution is 2.31. The van der Waals surface area contributed by atoms with Crippen LogP contribution in [-0.4, -0.2) is 9.55 Å². The van der Waals surface area contributed by atoms with Crippen LogP contribution >= 0.6 is 0 Å². The van der Waals surface area contributed by atoms with Crippen LogP contribution in [0, 0.1) is 5.82 Å². The minimum Gasteiger partial charge on any atom is -0.349 e. The average Bonchev–Trinajstić information content (AvgIpc) is 2.96. The van der Waals surface area contributed by atoms with Crippen molar-refractivity contribution in [3.63, 3.8) is 0 Å². The number of nitrogens with one attached hydrogen (secondary N) is 1. The summed E-state index contributed by atoms with van der Waals surface area (Å²) in [6.07, 6.45) is 10.3. The average molecular weight is 287 g/mol. The Hall–Kier alpha value is -1.84. The van der Waals surface area contributed by atoms with Crippen molar-refractivity contribution in [3.05, 3.63) is 48.0 Å². The minimum atomic E-state index is -0.197. The van der Waals surface area contributed by atoms with Gasteiger partial charge in [-0.25, -0.2) is 9.37 Å². The Kier molecular flexibility index (Phi) is 4.23. The molecule has 0 spiro atoms. The van der Waals surface area contributed by atoms with Crippen LogP contribution in [0.2, 0.25) is 0 Å². The van der Waals surface area contributed by atoms with Gasteiger partial charge in [-0.2, -0.15) is 0 Å². The van der Waals surface area contributed by atoms with E-state index in [1.54, 1.807) is 12.1 Å². The summed E-state index contributed by atoms with van der Waals surface area (Å²) in [5, 5.41) is 3.42. The van der Waals surface area contributed by atoms with Gasteiger partial charge < -0.3 is 9.88 Å². The lowest BCUT2D eigenvalue weighted by molar-refractivity contribution is 0.355. The Bertz CT molecular complexity index is 587. The SMILES string of the molecule is CC(Nc1nccn1C1CCCCC1)c1cccc(F)c1. The number of aromatic nitrogens is 2. The Morgan fingerprint density at radius 1 is 1.29 bits per heavy atom. The molecule has 1 fully saturated rings. The van der Waals surface area contributed by atoms with Crippen LogP contribution in [0.3, 0.4) is 0 Å². The Labute approximate surface area is 125 Å². The molecule has 0 saturated heterocycles.